The zero-order chi connectivity index (χ0) is 13.2. The normalized spacial score (nSPS) is 13.3. The van der Waals surface area contributed by atoms with Crippen LogP contribution in [0.3, 0.4) is 0 Å². The van der Waals surface area contributed by atoms with Crippen molar-refractivity contribution < 1.29 is 9.59 Å². The highest BCUT2D eigenvalue weighted by atomic mass is 16.2. The fraction of sp³-hybridized carbons (Fsp3) is 0.0714. The predicted molar refractivity (Wildman–Crippen MR) is 69.3 cm³/mol. The van der Waals surface area contributed by atoms with E-state index < -0.39 is 0 Å². The molecule has 0 aliphatic carbocycles. The van der Waals surface area contributed by atoms with E-state index in [2.05, 4.69) is 10.4 Å². The molecule has 0 saturated heterocycles. The number of carbonyl (C=O) groups excluding carboxylic acids is 2. The molecule has 19 heavy (non-hydrogen) atoms. The number of para-hydroxylation sites is 1. The van der Waals surface area contributed by atoms with E-state index in [1.165, 1.54) is 11.2 Å². The number of hydrogen-bond acceptors (Lipinski definition) is 3. The van der Waals surface area contributed by atoms with Crippen LogP contribution in [0.2, 0.25) is 0 Å². The fourth-order valence-corrected chi connectivity index (χ4v) is 2.04. The number of carbonyl (C=O) groups is 2. The lowest BCUT2D eigenvalue weighted by Gasteiger charge is -2.18. The smallest absolute Gasteiger partial charge is 0.271 e. The molecule has 1 aliphatic rings. The third-order valence-electron chi connectivity index (χ3n) is 2.96. The molecule has 5 nitrogen and oxygen atoms in total. The molecule has 0 unspecified atom stereocenters. The summed E-state index contributed by atoms with van der Waals surface area (Å²) in [5, 5.41) is 1.30. The van der Waals surface area contributed by atoms with Crippen LogP contribution in [-0.4, -0.2) is 16.8 Å². The fourth-order valence-electron chi connectivity index (χ4n) is 2.04. The predicted octanol–water partition coefficient (Wildman–Crippen LogP) is 1.32. The summed E-state index contributed by atoms with van der Waals surface area (Å²) in [5.74, 6) is -0.489. The van der Waals surface area contributed by atoms with E-state index in [1.54, 1.807) is 18.3 Å². The number of nitrogens with zero attached hydrogens (tertiary/aromatic N) is 2. The lowest BCUT2D eigenvalue weighted by atomic mass is 10.2. The number of hydrogen-bond donors (Lipinski definition) is 1. The molecule has 1 aromatic carbocycles. The van der Waals surface area contributed by atoms with Gasteiger partial charge in [-0.1, -0.05) is 18.2 Å². The van der Waals surface area contributed by atoms with Gasteiger partial charge in [0.2, 0.25) is 5.91 Å². The van der Waals surface area contributed by atoms with Crippen molar-refractivity contribution in [2.75, 3.05) is 5.01 Å². The van der Waals surface area contributed by atoms with Crippen LogP contribution in [0.1, 0.15) is 15.9 Å². The molecule has 0 spiro atoms. The van der Waals surface area contributed by atoms with Gasteiger partial charge in [0.25, 0.3) is 5.91 Å². The van der Waals surface area contributed by atoms with Crippen molar-refractivity contribution in [2.45, 2.75) is 6.42 Å². The second-order valence-corrected chi connectivity index (χ2v) is 4.22. The molecule has 2 heterocycles. The largest absolute Gasteiger partial charge is 0.272 e. The van der Waals surface area contributed by atoms with E-state index in [4.69, 9.17) is 0 Å². The van der Waals surface area contributed by atoms with Crippen LogP contribution in [0, 0.1) is 0 Å². The van der Waals surface area contributed by atoms with Gasteiger partial charge in [0, 0.05) is 12.4 Å². The summed E-state index contributed by atoms with van der Waals surface area (Å²) >= 11 is 0. The highest BCUT2D eigenvalue weighted by molar-refractivity contribution is 6.05. The zero-order valence-electron chi connectivity index (χ0n) is 10.0. The van der Waals surface area contributed by atoms with E-state index in [9.17, 15) is 9.59 Å². The van der Waals surface area contributed by atoms with E-state index in [0.29, 0.717) is 12.0 Å². The number of anilines is 1. The molecule has 2 amide bonds. The van der Waals surface area contributed by atoms with Crippen molar-refractivity contribution in [3.05, 3.63) is 59.9 Å². The van der Waals surface area contributed by atoms with Crippen LogP contribution in [-0.2, 0) is 11.2 Å². The van der Waals surface area contributed by atoms with Gasteiger partial charge in [-0.15, -0.1) is 0 Å². The Morgan fingerprint density at radius 1 is 1.21 bits per heavy atom. The molecule has 1 N–H and O–H groups in total. The summed E-state index contributed by atoms with van der Waals surface area (Å²) < 4.78 is 0. The molecule has 0 atom stereocenters. The minimum atomic E-state index is -0.349. The topological polar surface area (TPSA) is 62.3 Å². The summed E-state index contributed by atoms with van der Waals surface area (Å²) in [6, 6.07) is 10.7. The number of aromatic nitrogens is 1. The maximum Gasteiger partial charge on any atom is 0.271 e. The van der Waals surface area contributed by atoms with Gasteiger partial charge < -0.3 is 0 Å². The van der Waals surface area contributed by atoms with E-state index in [0.717, 1.165) is 11.3 Å². The Morgan fingerprint density at radius 3 is 2.84 bits per heavy atom. The number of fused-ring (bicyclic) bond motifs is 1. The Kier molecular flexibility index (Phi) is 2.72. The van der Waals surface area contributed by atoms with Gasteiger partial charge in [0.05, 0.1) is 17.7 Å². The minimum absolute atomic E-state index is 0.140. The van der Waals surface area contributed by atoms with Gasteiger partial charge in [-0.2, -0.15) is 0 Å². The first-order valence-corrected chi connectivity index (χ1v) is 5.87. The molecule has 3 rings (SSSR count). The Bertz CT molecular complexity index is 640. The monoisotopic (exact) mass is 253 g/mol. The highest BCUT2D eigenvalue weighted by Crippen LogP contribution is 2.26. The first-order chi connectivity index (χ1) is 9.25. The Hall–Kier alpha value is -2.69. The molecule has 0 radical (unpaired) electrons. The maximum absolute atomic E-state index is 12.0. The number of rotatable bonds is 2. The minimum Gasteiger partial charge on any atom is -0.272 e. The average Bonchev–Trinajstić information content (AvgIpc) is 2.76. The van der Waals surface area contributed by atoms with Gasteiger partial charge in [0.1, 0.15) is 0 Å². The standard InChI is InChI=1S/C14H11N3O2/c18-13-8-10-4-1-2-6-12(10)17(13)16-14(19)11-5-3-7-15-9-11/h1-7,9H,8H2,(H,16,19). The first kappa shape index (κ1) is 11.4. The first-order valence-electron chi connectivity index (χ1n) is 5.87. The number of benzene rings is 1. The third kappa shape index (κ3) is 2.06. The van der Waals surface area contributed by atoms with Crippen molar-refractivity contribution in [1.29, 1.82) is 0 Å². The molecule has 0 saturated carbocycles. The Labute approximate surface area is 109 Å². The van der Waals surface area contributed by atoms with Crippen molar-refractivity contribution in [3.63, 3.8) is 0 Å². The molecule has 2 aromatic rings. The van der Waals surface area contributed by atoms with Crippen molar-refractivity contribution in [2.24, 2.45) is 0 Å². The Morgan fingerprint density at radius 2 is 2.05 bits per heavy atom. The van der Waals surface area contributed by atoms with Crippen LogP contribution >= 0.6 is 0 Å². The SMILES string of the molecule is O=C(NN1C(=O)Cc2ccccc21)c1cccnc1. The average molecular weight is 253 g/mol. The molecule has 0 fully saturated rings. The molecule has 1 aliphatic heterocycles. The van der Waals surface area contributed by atoms with Crippen LogP contribution in [0.5, 0.6) is 0 Å². The summed E-state index contributed by atoms with van der Waals surface area (Å²) in [6.45, 7) is 0. The van der Waals surface area contributed by atoms with E-state index in [-0.39, 0.29) is 11.8 Å². The maximum atomic E-state index is 12.0. The lowest BCUT2D eigenvalue weighted by molar-refractivity contribution is -0.117. The second kappa shape index (κ2) is 4.53. The van der Waals surface area contributed by atoms with Crippen LogP contribution in [0.4, 0.5) is 5.69 Å². The van der Waals surface area contributed by atoms with Crippen LogP contribution in [0.25, 0.3) is 0 Å². The lowest BCUT2D eigenvalue weighted by Crippen LogP contribution is -2.44. The summed E-state index contributed by atoms with van der Waals surface area (Å²) in [6.07, 6.45) is 3.36. The van der Waals surface area contributed by atoms with Crippen molar-refractivity contribution in [1.82, 2.24) is 10.4 Å². The highest BCUT2D eigenvalue weighted by Gasteiger charge is 2.28. The number of amides is 2. The van der Waals surface area contributed by atoms with Gasteiger partial charge in [-0.3, -0.25) is 20.0 Å². The molecule has 1 aromatic heterocycles. The van der Waals surface area contributed by atoms with Gasteiger partial charge in [-0.05, 0) is 23.8 Å². The molecular weight excluding hydrogens is 242 g/mol. The second-order valence-electron chi connectivity index (χ2n) is 4.22. The van der Waals surface area contributed by atoms with Crippen molar-refractivity contribution in [3.8, 4) is 0 Å². The van der Waals surface area contributed by atoms with Gasteiger partial charge in [0.15, 0.2) is 0 Å². The van der Waals surface area contributed by atoms with E-state index in [1.807, 2.05) is 24.3 Å². The van der Waals surface area contributed by atoms with Crippen LogP contribution < -0.4 is 10.4 Å². The third-order valence-corrected chi connectivity index (χ3v) is 2.96. The summed E-state index contributed by atoms with van der Waals surface area (Å²) in [5.41, 5.74) is 4.66. The molecule has 5 heteroatoms. The summed E-state index contributed by atoms with van der Waals surface area (Å²) in [7, 11) is 0. The van der Waals surface area contributed by atoms with Crippen LogP contribution in [0.15, 0.2) is 48.8 Å². The van der Waals surface area contributed by atoms with E-state index >= 15 is 0 Å². The van der Waals surface area contributed by atoms with Crippen molar-refractivity contribution >= 4 is 17.5 Å². The Balaban J connectivity index is 1.85. The molecule has 94 valence electrons. The molecular formula is C14H11N3O2. The number of hydrazine groups is 1. The quantitative estimate of drug-likeness (QED) is 0.877. The van der Waals surface area contributed by atoms with Gasteiger partial charge in [-0.25, -0.2) is 5.01 Å². The number of nitrogens with one attached hydrogen (secondary N) is 1. The van der Waals surface area contributed by atoms with Gasteiger partial charge >= 0.3 is 0 Å². The molecule has 0 bridgehead atoms. The number of pyridine rings is 1. The zero-order valence-corrected chi connectivity index (χ0v) is 10.0. The summed E-state index contributed by atoms with van der Waals surface area (Å²) in [4.78, 5) is 27.8.